The number of halogens is 2. The van der Waals surface area contributed by atoms with Gasteiger partial charge in [0.1, 0.15) is 11.6 Å². The Morgan fingerprint density at radius 1 is 1.12 bits per heavy atom. The van der Waals surface area contributed by atoms with E-state index in [1.807, 2.05) is 36.6 Å². The van der Waals surface area contributed by atoms with E-state index >= 15 is 0 Å². The first kappa shape index (κ1) is 27.2. The van der Waals surface area contributed by atoms with Gasteiger partial charge in [0.25, 0.3) is 0 Å². The Kier molecular flexibility index (Phi) is 6.73. The third kappa shape index (κ3) is 5.04. The van der Waals surface area contributed by atoms with Crippen molar-refractivity contribution < 1.29 is 26.5 Å². The highest BCUT2D eigenvalue weighted by atomic mass is 32.2. The lowest BCUT2D eigenvalue weighted by atomic mass is 9.99. The molecule has 0 radical (unpaired) electrons. The average Bonchev–Trinajstić information content (AvgIpc) is 3.60. The molecule has 0 saturated carbocycles. The molecule has 9 nitrogen and oxygen atoms in total. The van der Waals surface area contributed by atoms with Gasteiger partial charge in [-0.2, -0.15) is 0 Å². The third-order valence-corrected chi connectivity index (χ3v) is 9.07. The summed E-state index contributed by atoms with van der Waals surface area (Å²) in [4.78, 5) is 24.8. The summed E-state index contributed by atoms with van der Waals surface area (Å²) in [5, 5.41) is 4.53. The van der Waals surface area contributed by atoms with E-state index in [0.717, 1.165) is 35.2 Å². The standard InChI is InChI=1S/C28H25F2N5O4S2/c1-15-26(16(2)39-33-15)17-7-10-23-22(11-17)32-27(35(23)28-31-13-19(40-28)14-41(3,37)38)24-5-4-6-25(36)34(24)18-8-9-20(29)21(30)12-18/h7-13,24H,4-6,14H2,1-3H3/t24-/m0/s1. The second-order valence-electron chi connectivity index (χ2n) is 10.2. The van der Waals surface area contributed by atoms with Crippen LogP contribution in [-0.4, -0.2) is 40.3 Å². The number of nitrogens with zero attached hydrogens (tertiary/aromatic N) is 5. The van der Waals surface area contributed by atoms with Crippen molar-refractivity contribution in [2.75, 3.05) is 11.2 Å². The van der Waals surface area contributed by atoms with E-state index in [0.29, 0.717) is 45.5 Å². The summed E-state index contributed by atoms with van der Waals surface area (Å²) in [6.07, 6.45) is 4.03. The monoisotopic (exact) mass is 597 g/mol. The zero-order valence-electron chi connectivity index (χ0n) is 22.4. The molecular formula is C28H25F2N5O4S2. The smallest absolute Gasteiger partial charge is 0.227 e. The van der Waals surface area contributed by atoms with Gasteiger partial charge in [-0.25, -0.2) is 27.2 Å². The van der Waals surface area contributed by atoms with Gasteiger partial charge in [0, 0.05) is 41.1 Å². The molecule has 0 bridgehead atoms. The van der Waals surface area contributed by atoms with Crippen LogP contribution >= 0.6 is 11.3 Å². The lowest BCUT2D eigenvalue weighted by molar-refractivity contribution is -0.120. The Hall–Kier alpha value is -3.97. The largest absolute Gasteiger partial charge is 0.361 e. The molecule has 1 aliphatic rings. The highest BCUT2D eigenvalue weighted by Crippen LogP contribution is 2.40. The van der Waals surface area contributed by atoms with Crippen molar-refractivity contribution in [1.29, 1.82) is 0 Å². The van der Waals surface area contributed by atoms with E-state index in [9.17, 15) is 22.0 Å². The summed E-state index contributed by atoms with van der Waals surface area (Å²) in [7, 11) is -3.29. The molecule has 0 spiro atoms. The number of hydrogen-bond acceptors (Lipinski definition) is 8. The first-order valence-corrected chi connectivity index (χ1v) is 15.7. The van der Waals surface area contributed by atoms with Crippen molar-refractivity contribution >= 4 is 43.8 Å². The topological polar surface area (TPSA) is 111 Å². The highest BCUT2D eigenvalue weighted by molar-refractivity contribution is 7.90. The summed E-state index contributed by atoms with van der Waals surface area (Å²) in [6.45, 7) is 3.68. The van der Waals surface area contributed by atoms with Crippen molar-refractivity contribution in [1.82, 2.24) is 19.7 Å². The van der Waals surface area contributed by atoms with E-state index in [1.54, 1.807) is 0 Å². The summed E-state index contributed by atoms with van der Waals surface area (Å²) in [5.41, 5.74) is 3.96. The molecule has 6 rings (SSSR count). The number of rotatable bonds is 6. The van der Waals surface area contributed by atoms with Gasteiger partial charge in [-0.1, -0.05) is 11.2 Å². The lowest BCUT2D eigenvalue weighted by Crippen LogP contribution is -2.39. The number of sulfone groups is 1. The van der Waals surface area contributed by atoms with Crippen molar-refractivity contribution in [2.45, 2.75) is 44.9 Å². The van der Waals surface area contributed by atoms with E-state index in [1.165, 1.54) is 28.5 Å². The Morgan fingerprint density at radius 2 is 1.93 bits per heavy atom. The molecule has 1 atom stereocenters. The van der Waals surface area contributed by atoms with Crippen LogP contribution < -0.4 is 4.90 Å². The number of anilines is 1. The van der Waals surface area contributed by atoms with E-state index in [-0.39, 0.29) is 23.8 Å². The number of benzene rings is 2. The normalized spacial score (nSPS) is 16.2. The van der Waals surface area contributed by atoms with Crippen LogP contribution in [0.1, 0.15) is 47.5 Å². The summed E-state index contributed by atoms with van der Waals surface area (Å²) in [5.74, 6) is -1.31. The van der Waals surface area contributed by atoms with Crippen LogP contribution in [0.4, 0.5) is 14.5 Å². The second kappa shape index (κ2) is 10.1. The molecule has 4 heterocycles. The number of aryl methyl sites for hydroxylation is 2. The van der Waals surface area contributed by atoms with Crippen molar-refractivity contribution in [2.24, 2.45) is 0 Å². The number of thiazole rings is 1. The number of fused-ring (bicyclic) bond motifs is 1. The van der Waals surface area contributed by atoms with Crippen LogP contribution in [0, 0.1) is 25.5 Å². The van der Waals surface area contributed by atoms with Gasteiger partial charge in [0.15, 0.2) is 26.6 Å². The molecule has 1 fully saturated rings. The van der Waals surface area contributed by atoms with Gasteiger partial charge in [-0.05, 0) is 56.5 Å². The van der Waals surface area contributed by atoms with Crippen molar-refractivity contribution in [3.63, 3.8) is 0 Å². The van der Waals surface area contributed by atoms with Gasteiger partial charge >= 0.3 is 0 Å². The predicted molar refractivity (Wildman–Crippen MR) is 151 cm³/mol. The molecular weight excluding hydrogens is 572 g/mol. The average molecular weight is 598 g/mol. The fraction of sp³-hybridized carbons (Fsp3) is 0.286. The third-order valence-electron chi connectivity index (χ3n) is 7.07. The minimum Gasteiger partial charge on any atom is -0.361 e. The summed E-state index contributed by atoms with van der Waals surface area (Å²) in [6, 6.07) is 8.49. The minimum absolute atomic E-state index is 0.161. The van der Waals surface area contributed by atoms with Gasteiger partial charge in [-0.3, -0.25) is 9.36 Å². The number of hydrogen-bond donors (Lipinski definition) is 0. The fourth-order valence-electron chi connectivity index (χ4n) is 5.37. The number of imidazole rings is 1. The van der Waals surface area contributed by atoms with E-state index in [2.05, 4.69) is 10.1 Å². The maximum atomic E-state index is 14.3. The number of carbonyl (C=O) groups is 1. The molecule has 1 saturated heterocycles. The summed E-state index contributed by atoms with van der Waals surface area (Å²) >= 11 is 1.21. The Labute approximate surface area is 238 Å². The predicted octanol–water partition coefficient (Wildman–Crippen LogP) is 5.83. The zero-order valence-corrected chi connectivity index (χ0v) is 24.0. The Morgan fingerprint density at radius 3 is 2.63 bits per heavy atom. The minimum atomic E-state index is -3.29. The second-order valence-corrected chi connectivity index (χ2v) is 13.4. The van der Waals surface area contributed by atoms with E-state index < -0.39 is 27.5 Å². The molecule has 0 N–H and O–H groups in total. The quantitative estimate of drug-likeness (QED) is 0.242. The number of aromatic nitrogens is 4. The molecule has 0 unspecified atom stereocenters. The Balaban J connectivity index is 1.56. The first-order valence-electron chi connectivity index (χ1n) is 12.9. The highest BCUT2D eigenvalue weighted by Gasteiger charge is 2.35. The molecule has 41 heavy (non-hydrogen) atoms. The molecule has 0 aliphatic carbocycles. The van der Waals surface area contributed by atoms with Crippen LogP contribution in [0.5, 0.6) is 0 Å². The molecule has 1 amide bonds. The number of piperidine rings is 1. The van der Waals surface area contributed by atoms with Crippen LogP contribution in [0.3, 0.4) is 0 Å². The lowest BCUT2D eigenvalue weighted by Gasteiger charge is -2.35. The molecule has 3 aromatic heterocycles. The van der Waals surface area contributed by atoms with Gasteiger partial charge in [0.2, 0.25) is 5.91 Å². The van der Waals surface area contributed by atoms with Crippen molar-refractivity contribution in [3.05, 3.63) is 76.4 Å². The number of amides is 1. The van der Waals surface area contributed by atoms with E-state index in [4.69, 9.17) is 9.51 Å². The first-order chi connectivity index (χ1) is 19.5. The molecule has 2 aromatic carbocycles. The van der Waals surface area contributed by atoms with Gasteiger partial charge in [-0.15, -0.1) is 11.3 Å². The van der Waals surface area contributed by atoms with Crippen LogP contribution in [0.2, 0.25) is 0 Å². The maximum Gasteiger partial charge on any atom is 0.227 e. The van der Waals surface area contributed by atoms with Crippen molar-refractivity contribution in [3.8, 4) is 16.3 Å². The maximum absolute atomic E-state index is 14.3. The molecule has 5 aromatic rings. The number of carbonyl (C=O) groups excluding carboxylic acids is 1. The molecule has 13 heteroatoms. The van der Waals surface area contributed by atoms with Gasteiger partial charge in [0.05, 0.1) is 28.5 Å². The zero-order chi connectivity index (χ0) is 29.1. The SMILES string of the molecule is Cc1noc(C)c1-c1ccc2c(c1)nc([C@@H]1CCCC(=O)N1c1ccc(F)c(F)c1)n2-c1ncc(CS(C)(=O)=O)s1. The Bertz CT molecular complexity index is 1910. The summed E-state index contributed by atoms with van der Waals surface area (Å²) < 4.78 is 59.2. The van der Waals surface area contributed by atoms with Crippen LogP contribution in [0.15, 0.2) is 47.1 Å². The molecule has 212 valence electrons. The van der Waals surface area contributed by atoms with Gasteiger partial charge < -0.3 is 9.42 Å². The van der Waals surface area contributed by atoms with Crippen LogP contribution in [0.25, 0.3) is 27.3 Å². The van der Waals surface area contributed by atoms with Crippen LogP contribution in [-0.2, 0) is 20.4 Å². The fourth-order valence-corrected chi connectivity index (χ4v) is 7.57. The molecule has 1 aliphatic heterocycles.